The van der Waals surface area contributed by atoms with E-state index in [0.29, 0.717) is 5.92 Å². The second-order valence-electron chi connectivity index (χ2n) is 4.69. The third-order valence-corrected chi connectivity index (χ3v) is 2.54. The maximum absolute atomic E-state index is 4.34. The first-order valence-electron chi connectivity index (χ1n) is 6.04. The van der Waals surface area contributed by atoms with Gasteiger partial charge in [0.15, 0.2) is 0 Å². The summed E-state index contributed by atoms with van der Waals surface area (Å²) in [6.45, 7) is 6.20. The van der Waals surface area contributed by atoms with E-state index in [0.717, 1.165) is 18.8 Å². The van der Waals surface area contributed by atoms with Crippen LogP contribution in [0.1, 0.15) is 19.4 Å². The first kappa shape index (κ1) is 11.7. The minimum absolute atomic E-state index is 0.646. The van der Waals surface area contributed by atoms with Crippen molar-refractivity contribution < 1.29 is 0 Å². The number of rotatable bonds is 5. The average molecular weight is 229 g/mol. The highest BCUT2D eigenvalue weighted by Gasteiger charge is 2.00. The predicted molar refractivity (Wildman–Crippen MR) is 71.1 cm³/mol. The van der Waals surface area contributed by atoms with E-state index in [1.54, 1.807) is 0 Å². The van der Waals surface area contributed by atoms with Crippen molar-refractivity contribution in [2.24, 2.45) is 5.92 Å². The Morgan fingerprint density at radius 2 is 2.00 bits per heavy atom. The molecule has 2 aromatic rings. The first-order chi connectivity index (χ1) is 8.24. The lowest BCUT2D eigenvalue weighted by Crippen LogP contribution is -2.07. The van der Waals surface area contributed by atoms with Crippen LogP contribution in [-0.4, -0.2) is 16.3 Å². The topological polar surface area (TPSA) is 29.9 Å². The first-order valence-corrected chi connectivity index (χ1v) is 6.04. The normalized spacial score (nSPS) is 10.8. The highest BCUT2D eigenvalue weighted by Crippen LogP contribution is 2.08. The summed E-state index contributed by atoms with van der Waals surface area (Å²) in [6, 6.07) is 10.4. The Bertz CT molecular complexity index is 446. The standard InChI is InChI=1S/C14H19N3/c1-12(2)8-15-14-9-16-17(11-14)10-13-6-4-3-5-7-13/h3-7,9,11-12,15H,8,10H2,1-2H3. The molecule has 0 radical (unpaired) electrons. The van der Waals surface area contributed by atoms with E-state index in [4.69, 9.17) is 0 Å². The lowest BCUT2D eigenvalue weighted by atomic mass is 10.2. The van der Waals surface area contributed by atoms with E-state index >= 15 is 0 Å². The van der Waals surface area contributed by atoms with Crippen LogP contribution in [0.3, 0.4) is 0 Å². The summed E-state index contributed by atoms with van der Waals surface area (Å²) in [4.78, 5) is 0. The molecule has 90 valence electrons. The van der Waals surface area contributed by atoms with E-state index in [2.05, 4.69) is 54.7 Å². The SMILES string of the molecule is CC(C)CNc1cnn(Cc2ccccc2)c1. The fourth-order valence-electron chi connectivity index (χ4n) is 1.63. The van der Waals surface area contributed by atoms with Gasteiger partial charge in [0.25, 0.3) is 0 Å². The van der Waals surface area contributed by atoms with Gasteiger partial charge in [-0.05, 0) is 11.5 Å². The Morgan fingerprint density at radius 1 is 1.24 bits per heavy atom. The largest absolute Gasteiger partial charge is 0.382 e. The summed E-state index contributed by atoms with van der Waals surface area (Å²) in [6.07, 6.45) is 3.93. The Kier molecular flexibility index (Phi) is 3.81. The zero-order valence-electron chi connectivity index (χ0n) is 10.4. The van der Waals surface area contributed by atoms with Crippen molar-refractivity contribution in [2.75, 3.05) is 11.9 Å². The van der Waals surface area contributed by atoms with Crippen LogP contribution in [0.25, 0.3) is 0 Å². The quantitative estimate of drug-likeness (QED) is 0.854. The van der Waals surface area contributed by atoms with Gasteiger partial charge in [-0.15, -0.1) is 0 Å². The Morgan fingerprint density at radius 3 is 2.71 bits per heavy atom. The van der Waals surface area contributed by atoms with Crippen LogP contribution < -0.4 is 5.32 Å². The molecule has 0 spiro atoms. The molecule has 3 heteroatoms. The van der Waals surface area contributed by atoms with Crippen LogP contribution in [0.4, 0.5) is 5.69 Å². The molecule has 1 aromatic carbocycles. The molecule has 0 bridgehead atoms. The smallest absolute Gasteiger partial charge is 0.0726 e. The molecule has 0 atom stereocenters. The number of anilines is 1. The van der Waals surface area contributed by atoms with Gasteiger partial charge in [-0.3, -0.25) is 4.68 Å². The molecule has 0 aliphatic rings. The fraction of sp³-hybridized carbons (Fsp3) is 0.357. The van der Waals surface area contributed by atoms with Crippen molar-refractivity contribution in [1.29, 1.82) is 0 Å². The monoisotopic (exact) mass is 229 g/mol. The van der Waals surface area contributed by atoms with Gasteiger partial charge >= 0.3 is 0 Å². The third-order valence-electron chi connectivity index (χ3n) is 2.54. The predicted octanol–water partition coefficient (Wildman–Crippen LogP) is 3.00. The zero-order valence-corrected chi connectivity index (χ0v) is 10.4. The van der Waals surface area contributed by atoms with Crippen molar-refractivity contribution in [1.82, 2.24) is 9.78 Å². The molecule has 0 saturated heterocycles. The Balaban J connectivity index is 1.94. The molecular weight excluding hydrogens is 210 g/mol. The van der Waals surface area contributed by atoms with Crippen molar-refractivity contribution in [3.05, 3.63) is 48.3 Å². The second-order valence-corrected chi connectivity index (χ2v) is 4.69. The number of nitrogens with one attached hydrogen (secondary N) is 1. The maximum atomic E-state index is 4.34. The summed E-state index contributed by atoms with van der Waals surface area (Å²) < 4.78 is 1.96. The third kappa shape index (κ3) is 3.63. The highest BCUT2D eigenvalue weighted by atomic mass is 15.3. The van der Waals surface area contributed by atoms with Gasteiger partial charge in [-0.25, -0.2) is 0 Å². The van der Waals surface area contributed by atoms with Crippen LogP contribution in [0, 0.1) is 5.92 Å². The maximum Gasteiger partial charge on any atom is 0.0726 e. The molecule has 2 rings (SSSR count). The van der Waals surface area contributed by atoms with Crippen molar-refractivity contribution in [3.63, 3.8) is 0 Å². The molecule has 0 aliphatic heterocycles. The highest BCUT2D eigenvalue weighted by molar-refractivity contribution is 5.38. The summed E-state index contributed by atoms with van der Waals surface area (Å²) in [7, 11) is 0. The number of aromatic nitrogens is 2. The van der Waals surface area contributed by atoms with E-state index in [1.807, 2.05) is 16.9 Å². The minimum Gasteiger partial charge on any atom is -0.382 e. The summed E-state index contributed by atoms with van der Waals surface area (Å²) in [5.41, 5.74) is 2.36. The number of hydrogen-bond donors (Lipinski definition) is 1. The molecular formula is C14H19N3. The number of hydrogen-bond acceptors (Lipinski definition) is 2. The van der Waals surface area contributed by atoms with Crippen molar-refractivity contribution in [3.8, 4) is 0 Å². The van der Waals surface area contributed by atoms with Gasteiger partial charge < -0.3 is 5.32 Å². The average Bonchev–Trinajstić information content (AvgIpc) is 2.75. The summed E-state index contributed by atoms with van der Waals surface area (Å²) in [5.74, 6) is 0.646. The molecule has 0 aliphatic carbocycles. The van der Waals surface area contributed by atoms with E-state index in [-0.39, 0.29) is 0 Å². The van der Waals surface area contributed by atoms with Gasteiger partial charge in [0.1, 0.15) is 0 Å². The van der Waals surface area contributed by atoms with Crippen LogP contribution >= 0.6 is 0 Å². The van der Waals surface area contributed by atoms with Gasteiger partial charge in [0.05, 0.1) is 18.4 Å². The molecule has 0 saturated carbocycles. The fourth-order valence-corrected chi connectivity index (χ4v) is 1.63. The Labute approximate surface area is 102 Å². The molecule has 1 heterocycles. The van der Waals surface area contributed by atoms with Gasteiger partial charge in [-0.2, -0.15) is 5.10 Å². The van der Waals surface area contributed by atoms with Gasteiger partial charge in [-0.1, -0.05) is 44.2 Å². The van der Waals surface area contributed by atoms with E-state index in [1.165, 1.54) is 5.56 Å². The molecule has 1 aromatic heterocycles. The molecule has 1 N–H and O–H groups in total. The molecule has 3 nitrogen and oxygen atoms in total. The van der Waals surface area contributed by atoms with Gasteiger partial charge in [0, 0.05) is 12.7 Å². The lowest BCUT2D eigenvalue weighted by molar-refractivity contribution is 0.683. The van der Waals surface area contributed by atoms with Crippen LogP contribution in [0.2, 0.25) is 0 Å². The van der Waals surface area contributed by atoms with Crippen LogP contribution in [-0.2, 0) is 6.54 Å². The molecule has 0 unspecified atom stereocenters. The molecule has 17 heavy (non-hydrogen) atoms. The summed E-state index contributed by atoms with van der Waals surface area (Å²) >= 11 is 0. The van der Waals surface area contributed by atoms with E-state index in [9.17, 15) is 0 Å². The summed E-state index contributed by atoms with van der Waals surface area (Å²) in [5, 5.41) is 7.71. The van der Waals surface area contributed by atoms with Gasteiger partial charge in [0.2, 0.25) is 0 Å². The van der Waals surface area contributed by atoms with Crippen LogP contribution in [0.15, 0.2) is 42.7 Å². The zero-order chi connectivity index (χ0) is 12.1. The number of nitrogens with zero attached hydrogens (tertiary/aromatic N) is 2. The minimum atomic E-state index is 0.646. The van der Waals surface area contributed by atoms with Crippen molar-refractivity contribution in [2.45, 2.75) is 20.4 Å². The van der Waals surface area contributed by atoms with Crippen LogP contribution in [0.5, 0.6) is 0 Å². The molecule has 0 amide bonds. The lowest BCUT2D eigenvalue weighted by Gasteiger charge is -2.05. The number of benzene rings is 1. The van der Waals surface area contributed by atoms with E-state index < -0.39 is 0 Å². The second kappa shape index (κ2) is 5.53. The Hall–Kier alpha value is -1.77. The molecule has 0 fully saturated rings. The van der Waals surface area contributed by atoms with Crippen molar-refractivity contribution >= 4 is 5.69 Å².